The Labute approximate surface area is 183 Å². The Morgan fingerprint density at radius 3 is 2.53 bits per heavy atom. The van der Waals surface area contributed by atoms with Gasteiger partial charge in [-0.3, -0.25) is 14.9 Å². The summed E-state index contributed by atoms with van der Waals surface area (Å²) in [6.07, 6.45) is 2.53. The number of aromatic nitrogens is 4. The summed E-state index contributed by atoms with van der Waals surface area (Å²) in [6.45, 7) is 5.13. The number of hydrogen-bond acceptors (Lipinski definition) is 8. The second-order valence-electron chi connectivity index (χ2n) is 7.89. The molecular formula is C21H24N6O5. The number of carbonyl (C=O) groups excluding carboxylic acids is 2. The van der Waals surface area contributed by atoms with Crippen molar-refractivity contribution in [1.29, 1.82) is 0 Å². The maximum absolute atomic E-state index is 12.7. The van der Waals surface area contributed by atoms with Crippen molar-refractivity contribution in [1.82, 2.24) is 30.8 Å². The number of phenolic OH excluding ortho intramolecular Hbond substituents is 2. The van der Waals surface area contributed by atoms with Crippen LogP contribution in [0.5, 0.6) is 11.5 Å². The minimum atomic E-state index is -0.827. The van der Waals surface area contributed by atoms with Gasteiger partial charge in [0.1, 0.15) is 29.0 Å². The monoisotopic (exact) mass is 440 g/mol. The van der Waals surface area contributed by atoms with Gasteiger partial charge in [-0.2, -0.15) is 5.10 Å². The molecule has 32 heavy (non-hydrogen) atoms. The zero-order chi connectivity index (χ0) is 23.3. The van der Waals surface area contributed by atoms with Crippen molar-refractivity contribution in [2.45, 2.75) is 32.4 Å². The summed E-state index contributed by atoms with van der Waals surface area (Å²) in [7, 11) is 0. The number of phenols is 2. The molecule has 1 aromatic carbocycles. The van der Waals surface area contributed by atoms with Crippen LogP contribution in [0.15, 0.2) is 42.7 Å². The van der Waals surface area contributed by atoms with Crippen molar-refractivity contribution in [2.75, 3.05) is 6.54 Å². The first-order chi connectivity index (χ1) is 15.1. The molecule has 3 rings (SSSR count). The van der Waals surface area contributed by atoms with Crippen LogP contribution < -0.4 is 10.6 Å². The molecule has 5 N–H and O–H groups in total. The van der Waals surface area contributed by atoms with E-state index in [4.69, 9.17) is 4.74 Å². The molecule has 0 spiro atoms. The first-order valence-electron chi connectivity index (χ1n) is 9.75. The molecule has 0 aliphatic heterocycles. The first kappa shape index (κ1) is 22.5. The van der Waals surface area contributed by atoms with Crippen molar-refractivity contribution in [3.8, 4) is 22.9 Å². The van der Waals surface area contributed by atoms with E-state index in [9.17, 15) is 19.8 Å². The van der Waals surface area contributed by atoms with Crippen LogP contribution >= 0.6 is 0 Å². The quantitative estimate of drug-likeness (QED) is 0.390. The summed E-state index contributed by atoms with van der Waals surface area (Å²) in [4.78, 5) is 33.2. The fourth-order valence-electron chi connectivity index (χ4n) is 2.72. The molecule has 2 aromatic heterocycles. The molecule has 0 fully saturated rings. The molecule has 0 saturated carbocycles. The lowest BCUT2D eigenvalue weighted by atomic mass is 10.1. The van der Waals surface area contributed by atoms with Crippen LogP contribution in [0.4, 0.5) is 4.79 Å². The molecule has 0 aliphatic carbocycles. The summed E-state index contributed by atoms with van der Waals surface area (Å²) in [5.74, 6) is -0.554. The molecule has 3 aromatic rings. The highest BCUT2D eigenvalue weighted by Gasteiger charge is 2.24. The Balaban J connectivity index is 1.82. The lowest BCUT2D eigenvalue weighted by Crippen LogP contribution is -2.40. The van der Waals surface area contributed by atoms with Crippen LogP contribution in [0, 0.1) is 0 Å². The molecule has 0 aliphatic rings. The molecule has 0 radical (unpaired) electrons. The van der Waals surface area contributed by atoms with Crippen molar-refractivity contribution in [3.63, 3.8) is 0 Å². The Bertz CT molecular complexity index is 1090. The smallest absolute Gasteiger partial charge is 0.407 e. The number of H-pyrrole nitrogens is 1. The van der Waals surface area contributed by atoms with Gasteiger partial charge < -0.3 is 25.6 Å². The van der Waals surface area contributed by atoms with E-state index < -0.39 is 29.4 Å². The number of rotatable bonds is 6. The van der Waals surface area contributed by atoms with Crippen molar-refractivity contribution in [3.05, 3.63) is 54.1 Å². The van der Waals surface area contributed by atoms with Gasteiger partial charge in [-0.05, 0) is 45.0 Å². The van der Waals surface area contributed by atoms with Crippen LogP contribution in [0.2, 0.25) is 0 Å². The van der Waals surface area contributed by atoms with Gasteiger partial charge in [0, 0.05) is 30.6 Å². The van der Waals surface area contributed by atoms with Crippen molar-refractivity contribution in [2.24, 2.45) is 0 Å². The zero-order valence-corrected chi connectivity index (χ0v) is 17.8. The highest BCUT2D eigenvalue weighted by molar-refractivity contribution is 5.97. The molecule has 1 unspecified atom stereocenters. The molecule has 0 saturated heterocycles. The van der Waals surface area contributed by atoms with Gasteiger partial charge in [0.2, 0.25) is 0 Å². The van der Waals surface area contributed by atoms with E-state index in [2.05, 4.69) is 30.8 Å². The number of alkyl carbamates (subject to hydrolysis) is 1. The van der Waals surface area contributed by atoms with Crippen molar-refractivity contribution < 1.29 is 24.5 Å². The lowest BCUT2D eigenvalue weighted by molar-refractivity contribution is 0.0519. The number of carbonyl (C=O) groups is 2. The average molecular weight is 440 g/mol. The number of aromatic amines is 1. The Morgan fingerprint density at radius 2 is 1.88 bits per heavy atom. The van der Waals surface area contributed by atoms with Crippen LogP contribution in [0.1, 0.15) is 43.0 Å². The maximum atomic E-state index is 12.7. The summed E-state index contributed by atoms with van der Waals surface area (Å²) < 4.78 is 5.24. The van der Waals surface area contributed by atoms with E-state index in [1.807, 2.05) is 0 Å². The number of pyridine rings is 1. The van der Waals surface area contributed by atoms with E-state index in [1.165, 1.54) is 12.1 Å². The number of nitrogens with one attached hydrogen (secondary N) is 3. The summed E-state index contributed by atoms with van der Waals surface area (Å²) >= 11 is 0. The fraction of sp³-hybridized carbons (Fsp3) is 0.286. The van der Waals surface area contributed by atoms with Gasteiger partial charge in [-0.25, -0.2) is 9.78 Å². The van der Waals surface area contributed by atoms with E-state index in [0.29, 0.717) is 11.4 Å². The van der Waals surface area contributed by atoms with Crippen LogP contribution in [0.25, 0.3) is 11.4 Å². The van der Waals surface area contributed by atoms with Gasteiger partial charge in [0.05, 0.1) is 5.56 Å². The van der Waals surface area contributed by atoms with Crippen LogP contribution in [0.3, 0.4) is 0 Å². The van der Waals surface area contributed by atoms with Crippen molar-refractivity contribution >= 4 is 12.0 Å². The highest BCUT2D eigenvalue weighted by atomic mass is 16.6. The number of aromatic hydroxyl groups is 2. The first-order valence-corrected chi connectivity index (χ1v) is 9.75. The van der Waals surface area contributed by atoms with E-state index in [1.54, 1.807) is 45.3 Å². The molecule has 11 heteroatoms. The maximum Gasteiger partial charge on any atom is 0.407 e. The van der Waals surface area contributed by atoms with Gasteiger partial charge in [0.15, 0.2) is 5.82 Å². The summed E-state index contributed by atoms with van der Waals surface area (Å²) in [6, 6.07) is 6.24. The largest absolute Gasteiger partial charge is 0.508 e. The molecule has 1 atom stereocenters. The summed E-state index contributed by atoms with van der Waals surface area (Å²) in [5.41, 5.74) is -0.0377. The SMILES string of the molecule is CC(C)(C)OC(=O)NCC(NC(=O)c1ccc(O)cc1O)c1nc(-c2ccncc2)n[nH]1. The number of ether oxygens (including phenoxy) is 1. The third-order valence-corrected chi connectivity index (χ3v) is 4.15. The molecular weight excluding hydrogens is 416 g/mol. The predicted octanol–water partition coefficient (Wildman–Crippen LogP) is 2.27. The van der Waals surface area contributed by atoms with Gasteiger partial charge in [-0.1, -0.05) is 0 Å². The minimum absolute atomic E-state index is 0.0565. The second kappa shape index (κ2) is 9.33. The average Bonchev–Trinajstić information content (AvgIpc) is 3.20. The molecule has 168 valence electrons. The molecule has 2 heterocycles. The minimum Gasteiger partial charge on any atom is -0.508 e. The third-order valence-electron chi connectivity index (χ3n) is 4.15. The highest BCUT2D eigenvalue weighted by Crippen LogP contribution is 2.23. The standard InChI is InChI=1S/C21H24N6O5/c1-21(2,3)32-20(31)23-11-15(24-19(30)14-5-4-13(28)10-16(14)29)18-25-17(26-27-18)12-6-8-22-9-7-12/h4-10,15,28-29H,11H2,1-3H3,(H,23,31)(H,24,30)(H,25,26,27). The number of amides is 2. The van der Waals surface area contributed by atoms with Crippen LogP contribution in [-0.2, 0) is 4.74 Å². The number of hydrogen-bond donors (Lipinski definition) is 5. The molecule has 11 nitrogen and oxygen atoms in total. The molecule has 2 amide bonds. The Hall–Kier alpha value is -4.15. The van der Waals surface area contributed by atoms with Gasteiger partial charge >= 0.3 is 6.09 Å². The number of benzene rings is 1. The third kappa shape index (κ3) is 5.94. The van der Waals surface area contributed by atoms with Gasteiger partial charge in [0.25, 0.3) is 5.91 Å². The number of nitrogens with zero attached hydrogens (tertiary/aromatic N) is 3. The molecule has 0 bridgehead atoms. The van der Waals surface area contributed by atoms with E-state index in [-0.39, 0.29) is 23.7 Å². The van der Waals surface area contributed by atoms with Gasteiger partial charge in [-0.15, -0.1) is 0 Å². The second-order valence-corrected chi connectivity index (χ2v) is 7.89. The zero-order valence-electron chi connectivity index (χ0n) is 17.8. The van der Waals surface area contributed by atoms with Crippen LogP contribution in [-0.4, -0.2) is 54.5 Å². The summed E-state index contributed by atoms with van der Waals surface area (Å²) in [5, 5.41) is 31.7. The fourth-order valence-corrected chi connectivity index (χ4v) is 2.72. The predicted molar refractivity (Wildman–Crippen MR) is 114 cm³/mol. The topological polar surface area (TPSA) is 162 Å². The Kier molecular flexibility index (Phi) is 6.57. The normalized spacial score (nSPS) is 12.1. The van der Waals surface area contributed by atoms with E-state index in [0.717, 1.165) is 6.07 Å². The van der Waals surface area contributed by atoms with E-state index >= 15 is 0 Å². The Morgan fingerprint density at radius 1 is 1.16 bits per heavy atom. The lowest BCUT2D eigenvalue weighted by Gasteiger charge is -2.22.